The third-order valence-electron chi connectivity index (χ3n) is 4.70. The van der Waals surface area contributed by atoms with Crippen molar-refractivity contribution in [1.82, 2.24) is 25.5 Å². The van der Waals surface area contributed by atoms with E-state index in [0.29, 0.717) is 25.2 Å². The van der Waals surface area contributed by atoms with Gasteiger partial charge >= 0.3 is 0 Å². The molecule has 0 saturated carbocycles. The van der Waals surface area contributed by atoms with Gasteiger partial charge in [0.1, 0.15) is 0 Å². The Balaban J connectivity index is 1.44. The summed E-state index contributed by atoms with van der Waals surface area (Å²) in [5.74, 6) is -0.695. The van der Waals surface area contributed by atoms with Crippen LogP contribution in [0.25, 0.3) is 11.0 Å². The van der Waals surface area contributed by atoms with Crippen molar-refractivity contribution in [3.63, 3.8) is 0 Å². The summed E-state index contributed by atoms with van der Waals surface area (Å²) in [6.07, 6.45) is 1.82. The summed E-state index contributed by atoms with van der Waals surface area (Å²) in [4.78, 5) is 45.4. The van der Waals surface area contributed by atoms with Crippen LogP contribution in [0, 0.1) is 5.92 Å². The molecule has 1 aromatic heterocycles. The van der Waals surface area contributed by atoms with E-state index in [4.69, 9.17) is 0 Å². The molecule has 1 unspecified atom stereocenters. The average molecular weight is 371 g/mol. The number of H-pyrrole nitrogens is 1. The topological polar surface area (TPSA) is 107 Å². The molecule has 8 nitrogen and oxygen atoms in total. The standard InChI is InChI=1S/C19H25N5O3/c1-19(2,3)24-10-13(9-16(24)25)18(27)21-7-6-20-17(26)12-4-5-14-15(8-12)23-11-22-14/h4-5,8,11,13H,6-7,9-10H2,1-3H3,(H,20,26)(H,21,27)(H,22,23). The Morgan fingerprint density at radius 1 is 1.26 bits per heavy atom. The Kier molecular flexibility index (Phi) is 5.16. The molecule has 1 fully saturated rings. The average Bonchev–Trinajstić information content (AvgIpc) is 3.23. The number of aromatic nitrogens is 2. The summed E-state index contributed by atoms with van der Waals surface area (Å²) < 4.78 is 0. The van der Waals surface area contributed by atoms with Gasteiger partial charge in [-0.1, -0.05) is 0 Å². The molecular formula is C19H25N5O3. The second-order valence-corrected chi connectivity index (χ2v) is 7.76. The molecule has 2 heterocycles. The van der Waals surface area contributed by atoms with Gasteiger partial charge in [-0.15, -0.1) is 0 Å². The molecule has 8 heteroatoms. The van der Waals surface area contributed by atoms with Gasteiger partial charge in [-0.3, -0.25) is 14.4 Å². The van der Waals surface area contributed by atoms with Crippen molar-refractivity contribution in [2.24, 2.45) is 5.92 Å². The van der Waals surface area contributed by atoms with E-state index in [2.05, 4.69) is 20.6 Å². The van der Waals surface area contributed by atoms with Crippen molar-refractivity contribution in [3.8, 4) is 0 Å². The Morgan fingerprint density at radius 3 is 2.70 bits per heavy atom. The maximum atomic E-state index is 12.3. The minimum Gasteiger partial charge on any atom is -0.354 e. The molecule has 1 atom stereocenters. The number of carbonyl (C=O) groups is 3. The fourth-order valence-corrected chi connectivity index (χ4v) is 3.22. The van der Waals surface area contributed by atoms with Gasteiger partial charge in [0.05, 0.1) is 23.3 Å². The zero-order chi connectivity index (χ0) is 19.6. The van der Waals surface area contributed by atoms with Crippen LogP contribution in [0.15, 0.2) is 24.5 Å². The number of hydrogen-bond acceptors (Lipinski definition) is 4. The van der Waals surface area contributed by atoms with Gasteiger partial charge < -0.3 is 20.5 Å². The van der Waals surface area contributed by atoms with Crippen LogP contribution in [0.5, 0.6) is 0 Å². The number of hydrogen-bond donors (Lipinski definition) is 3. The second kappa shape index (κ2) is 7.38. The summed E-state index contributed by atoms with van der Waals surface area (Å²) >= 11 is 0. The normalized spacial score (nSPS) is 17.4. The third-order valence-corrected chi connectivity index (χ3v) is 4.70. The molecule has 0 radical (unpaired) electrons. The molecule has 3 N–H and O–H groups in total. The van der Waals surface area contributed by atoms with Crippen molar-refractivity contribution < 1.29 is 14.4 Å². The minimum absolute atomic E-state index is 0.00477. The van der Waals surface area contributed by atoms with E-state index in [-0.39, 0.29) is 35.6 Å². The third kappa shape index (κ3) is 4.27. The van der Waals surface area contributed by atoms with E-state index >= 15 is 0 Å². The highest BCUT2D eigenvalue weighted by Crippen LogP contribution is 2.25. The molecule has 1 aromatic carbocycles. The van der Waals surface area contributed by atoms with E-state index < -0.39 is 0 Å². The molecule has 1 aliphatic heterocycles. The van der Waals surface area contributed by atoms with Crippen LogP contribution in [0.2, 0.25) is 0 Å². The van der Waals surface area contributed by atoms with E-state index in [0.717, 1.165) is 11.0 Å². The van der Waals surface area contributed by atoms with E-state index in [9.17, 15) is 14.4 Å². The van der Waals surface area contributed by atoms with Gasteiger partial charge in [0.15, 0.2) is 0 Å². The number of carbonyl (C=O) groups excluding carboxylic acids is 3. The number of rotatable bonds is 5. The maximum absolute atomic E-state index is 12.3. The largest absolute Gasteiger partial charge is 0.354 e. The lowest BCUT2D eigenvalue weighted by Crippen LogP contribution is -2.43. The predicted octanol–water partition coefficient (Wildman–Crippen LogP) is 1.06. The highest BCUT2D eigenvalue weighted by Gasteiger charge is 2.39. The summed E-state index contributed by atoms with van der Waals surface area (Å²) in [6.45, 7) is 6.95. The van der Waals surface area contributed by atoms with E-state index in [1.54, 1.807) is 29.4 Å². The van der Waals surface area contributed by atoms with Gasteiger partial charge in [-0.05, 0) is 39.0 Å². The first-order valence-electron chi connectivity index (χ1n) is 9.05. The molecule has 0 bridgehead atoms. The van der Waals surface area contributed by atoms with Gasteiger partial charge in [-0.2, -0.15) is 0 Å². The van der Waals surface area contributed by atoms with E-state index in [1.165, 1.54) is 0 Å². The van der Waals surface area contributed by atoms with Crippen LogP contribution in [-0.4, -0.2) is 57.8 Å². The van der Waals surface area contributed by atoms with Gasteiger partial charge in [0, 0.05) is 37.2 Å². The van der Waals surface area contributed by atoms with Crippen LogP contribution >= 0.6 is 0 Å². The Hall–Kier alpha value is -2.90. The fourth-order valence-electron chi connectivity index (χ4n) is 3.22. The Morgan fingerprint density at radius 2 is 2.00 bits per heavy atom. The number of fused-ring (bicyclic) bond motifs is 1. The molecule has 0 aliphatic carbocycles. The summed E-state index contributed by atoms with van der Waals surface area (Å²) in [5.41, 5.74) is 1.84. The summed E-state index contributed by atoms with van der Waals surface area (Å²) in [5, 5.41) is 5.58. The van der Waals surface area contributed by atoms with Crippen molar-refractivity contribution in [2.75, 3.05) is 19.6 Å². The lowest BCUT2D eigenvalue weighted by molar-refractivity contribution is -0.132. The molecule has 2 aromatic rings. The highest BCUT2D eigenvalue weighted by atomic mass is 16.2. The first-order chi connectivity index (χ1) is 12.8. The van der Waals surface area contributed by atoms with Crippen LogP contribution in [0.3, 0.4) is 0 Å². The van der Waals surface area contributed by atoms with Gasteiger partial charge in [0.25, 0.3) is 5.91 Å². The fraction of sp³-hybridized carbons (Fsp3) is 0.474. The van der Waals surface area contributed by atoms with Crippen molar-refractivity contribution in [1.29, 1.82) is 0 Å². The Labute approximate surface area is 157 Å². The van der Waals surface area contributed by atoms with E-state index in [1.807, 2.05) is 20.8 Å². The maximum Gasteiger partial charge on any atom is 0.251 e. The van der Waals surface area contributed by atoms with Gasteiger partial charge in [-0.25, -0.2) is 4.98 Å². The number of imidazole rings is 1. The number of nitrogens with zero attached hydrogens (tertiary/aromatic N) is 2. The number of benzene rings is 1. The zero-order valence-corrected chi connectivity index (χ0v) is 15.8. The monoisotopic (exact) mass is 371 g/mol. The molecule has 3 amide bonds. The predicted molar refractivity (Wildman–Crippen MR) is 101 cm³/mol. The highest BCUT2D eigenvalue weighted by molar-refractivity contribution is 5.97. The number of nitrogens with one attached hydrogen (secondary N) is 3. The number of likely N-dealkylation sites (tertiary alicyclic amines) is 1. The smallest absolute Gasteiger partial charge is 0.251 e. The number of aromatic amines is 1. The van der Waals surface area contributed by atoms with Crippen LogP contribution in [-0.2, 0) is 9.59 Å². The van der Waals surface area contributed by atoms with Crippen LogP contribution in [0.4, 0.5) is 0 Å². The molecule has 144 valence electrons. The molecule has 0 spiro atoms. The van der Waals surface area contributed by atoms with Crippen LogP contribution in [0.1, 0.15) is 37.6 Å². The first kappa shape index (κ1) is 18.9. The lowest BCUT2D eigenvalue weighted by atomic mass is 10.1. The molecular weight excluding hydrogens is 346 g/mol. The SMILES string of the molecule is CC(C)(C)N1CC(C(=O)NCCNC(=O)c2ccc3nc[nH]c3c2)CC1=O. The molecule has 27 heavy (non-hydrogen) atoms. The quantitative estimate of drug-likeness (QED) is 0.683. The number of amides is 3. The Bertz CT molecular complexity index is 868. The lowest BCUT2D eigenvalue weighted by Gasteiger charge is -2.31. The first-order valence-corrected chi connectivity index (χ1v) is 9.05. The van der Waals surface area contributed by atoms with Crippen LogP contribution < -0.4 is 10.6 Å². The minimum atomic E-state index is -0.338. The molecule has 1 aliphatic rings. The second-order valence-electron chi connectivity index (χ2n) is 7.76. The van der Waals surface area contributed by atoms with Crippen molar-refractivity contribution in [3.05, 3.63) is 30.1 Å². The molecule has 3 rings (SSSR count). The molecule has 1 saturated heterocycles. The zero-order valence-electron chi connectivity index (χ0n) is 15.8. The van der Waals surface area contributed by atoms with Crippen molar-refractivity contribution in [2.45, 2.75) is 32.7 Å². The summed E-state index contributed by atoms with van der Waals surface area (Å²) in [6, 6.07) is 5.23. The summed E-state index contributed by atoms with van der Waals surface area (Å²) in [7, 11) is 0. The van der Waals surface area contributed by atoms with Gasteiger partial charge in [0.2, 0.25) is 11.8 Å². The van der Waals surface area contributed by atoms with Crippen molar-refractivity contribution >= 4 is 28.8 Å².